The quantitative estimate of drug-likeness (QED) is 0.275. The number of aliphatic hydroxyl groups excluding tert-OH is 1. The Bertz CT molecular complexity index is 1570. The summed E-state index contributed by atoms with van der Waals surface area (Å²) in [5.74, 6) is -0.491. The third kappa shape index (κ3) is 3.81. The summed E-state index contributed by atoms with van der Waals surface area (Å²) in [6.45, 7) is 4.29. The zero-order chi connectivity index (χ0) is 28.7. The number of aliphatic hydroxyl groups is 1. The van der Waals surface area contributed by atoms with Crippen LogP contribution in [0.5, 0.6) is 0 Å². The highest BCUT2D eigenvalue weighted by atomic mass is 32.1. The maximum absolute atomic E-state index is 13.6. The minimum absolute atomic E-state index is 0.00159. The van der Waals surface area contributed by atoms with Gasteiger partial charge in [0.1, 0.15) is 10.7 Å². The van der Waals surface area contributed by atoms with Gasteiger partial charge in [-0.15, -0.1) is 24.0 Å². The third-order valence-electron chi connectivity index (χ3n) is 11.0. The number of benzene rings is 1. The molecule has 0 bridgehead atoms. The lowest BCUT2D eigenvalue weighted by atomic mass is 9.45. The van der Waals surface area contributed by atoms with Crippen molar-refractivity contribution in [1.82, 2.24) is 9.78 Å². The molecule has 1 aromatic carbocycles. The summed E-state index contributed by atoms with van der Waals surface area (Å²) in [7, 11) is 0. The molecule has 0 spiro atoms. The van der Waals surface area contributed by atoms with Gasteiger partial charge in [-0.1, -0.05) is 25.5 Å². The van der Waals surface area contributed by atoms with Gasteiger partial charge in [0.2, 0.25) is 5.12 Å². The minimum atomic E-state index is -1.37. The number of thiol groups is 1. The van der Waals surface area contributed by atoms with Gasteiger partial charge < -0.3 is 9.84 Å². The summed E-state index contributed by atoms with van der Waals surface area (Å²) >= 11 is 5.59. The van der Waals surface area contributed by atoms with E-state index < -0.39 is 28.2 Å². The van der Waals surface area contributed by atoms with Crippen molar-refractivity contribution >= 4 is 41.1 Å². The van der Waals surface area contributed by atoms with Crippen LogP contribution in [0.25, 0.3) is 11.8 Å². The highest BCUT2D eigenvalue weighted by Gasteiger charge is 2.70. The smallest absolute Gasteiger partial charge is 0.349 e. The van der Waals surface area contributed by atoms with Crippen molar-refractivity contribution in [3.63, 3.8) is 0 Å². The Morgan fingerprint density at radius 2 is 1.98 bits per heavy atom. The molecular weight excluding hydrogens is 559 g/mol. The van der Waals surface area contributed by atoms with Crippen molar-refractivity contribution in [2.24, 2.45) is 28.6 Å². The van der Waals surface area contributed by atoms with E-state index in [1.807, 2.05) is 23.2 Å². The number of thiophene rings is 1. The molecule has 3 aromatic rings. The van der Waals surface area contributed by atoms with Gasteiger partial charge in [-0.05, 0) is 109 Å². The number of esters is 1. The zero-order valence-corrected chi connectivity index (χ0v) is 24.8. The van der Waals surface area contributed by atoms with E-state index in [2.05, 4.69) is 30.7 Å². The van der Waals surface area contributed by atoms with Crippen LogP contribution in [0.4, 0.5) is 4.39 Å². The van der Waals surface area contributed by atoms with E-state index in [1.165, 1.54) is 29.0 Å². The molecule has 41 heavy (non-hydrogen) atoms. The van der Waals surface area contributed by atoms with Crippen molar-refractivity contribution in [3.8, 4) is 5.69 Å². The summed E-state index contributed by atoms with van der Waals surface area (Å²) in [4.78, 5) is 26.8. The standard InChI is InChI=1S/C32H33FN2O4S2/c1-30-15-18-17-34-35(21-8-6-20(33)7-9-21)24(18)14-19(30)5-10-22-23-11-12-32(29(38)40,31(23,2)16-25(36)27(22)30)39-28(37)26-4-3-13-41-26/h3-4,6-9,13-14,17,22-23,25,27,36H,5,10-12,15-16H2,1-2H3,(H,38,40)/t22?,23-,25-,27+,30?,31?,32?/m0/s1. The molecule has 4 aliphatic rings. The normalized spacial score (nSPS) is 35.5. The fourth-order valence-electron chi connectivity index (χ4n) is 9.13. The van der Waals surface area contributed by atoms with E-state index in [0.29, 0.717) is 17.7 Å². The molecule has 0 radical (unpaired) electrons. The van der Waals surface area contributed by atoms with Crippen LogP contribution >= 0.6 is 24.0 Å². The fraction of sp³-hybridized carbons (Fsp3) is 0.469. The second-order valence-electron chi connectivity index (χ2n) is 12.8. The summed E-state index contributed by atoms with van der Waals surface area (Å²) < 4.78 is 21.6. The molecule has 0 amide bonds. The topological polar surface area (TPSA) is 81.4 Å². The van der Waals surface area contributed by atoms with Crippen LogP contribution in [-0.2, 0) is 16.0 Å². The average Bonchev–Trinajstić information content (AvgIpc) is 3.66. The molecule has 7 rings (SSSR count). The molecule has 0 saturated heterocycles. The van der Waals surface area contributed by atoms with Gasteiger partial charge in [-0.2, -0.15) is 5.10 Å². The first kappa shape index (κ1) is 27.1. The molecule has 4 unspecified atom stereocenters. The van der Waals surface area contributed by atoms with Gasteiger partial charge in [0, 0.05) is 5.41 Å². The summed E-state index contributed by atoms with van der Waals surface area (Å²) in [6.07, 6.45) is 7.49. The molecule has 214 valence electrons. The Kier molecular flexibility index (Phi) is 6.20. The largest absolute Gasteiger partial charge is 0.445 e. The summed E-state index contributed by atoms with van der Waals surface area (Å²) in [5, 5.41) is 18.0. The van der Waals surface area contributed by atoms with E-state index in [0.717, 1.165) is 42.6 Å². The van der Waals surface area contributed by atoms with Gasteiger partial charge in [0.15, 0.2) is 5.60 Å². The van der Waals surface area contributed by atoms with Crippen LogP contribution in [0.15, 0.2) is 53.5 Å². The lowest BCUT2D eigenvalue weighted by Crippen LogP contribution is -2.62. The summed E-state index contributed by atoms with van der Waals surface area (Å²) in [6, 6.07) is 9.85. The van der Waals surface area contributed by atoms with Crippen LogP contribution in [0, 0.1) is 34.4 Å². The maximum Gasteiger partial charge on any atom is 0.349 e. The predicted octanol–water partition coefficient (Wildman–Crippen LogP) is 6.28. The number of allylic oxidation sites excluding steroid dienone is 1. The van der Waals surface area contributed by atoms with Crippen molar-refractivity contribution in [2.75, 3.05) is 0 Å². The number of hydrogen-bond donors (Lipinski definition) is 2. The predicted molar refractivity (Wildman–Crippen MR) is 157 cm³/mol. The molecule has 6 nitrogen and oxygen atoms in total. The molecule has 4 aliphatic carbocycles. The molecule has 2 heterocycles. The number of nitrogens with zero attached hydrogens (tertiary/aromatic N) is 2. The Hall–Kier alpha value is -2.75. The van der Waals surface area contributed by atoms with E-state index >= 15 is 0 Å². The van der Waals surface area contributed by atoms with Crippen LogP contribution in [0.1, 0.15) is 66.9 Å². The highest BCUT2D eigenvalue weighted by molar-refractivity contribution is 7.96. The Labute approximate surface area is 248 Å². The highest BCUT2D eigenvalue weighted by Crippen LogP contribution is 2.68. The Morgan fingerprint density at radius 1 is 1.20 bits per heavy atom. The monoisotopic (exact) mass is 592 g/mol. The number of halogens is 1. The second kappa shape index (κ2) is 9.38. The molecule has 3 fully saturated rings. The lowest BCUT2D eigenvalue weighted by molar-refractivity contribution is -0.174. The minimum Gasteiger partial charge on any atom is -0.445 e. The first-order valence-corrected chi connectivity index (χ1v) is 15.6. The molecule has 9 heteroatoms. The van der Waals surface area contributed by atoms with E-state index in [4.69, 9.17) is 4.74 Å². The summed E-state index contributed by atoms with van der Waals surface area (Å²) in [5.41, 5.74) is 1.88. The average molecular weight is 593 g/mol. The first-order valence-electron chi connectivity index (χ1n) is 14.3. The fourth-order valence-corrected chi connectivity index (χ4v) is 10.1. The number of hydrogen-bond acceptors (Lipinski definition) is 6. The van der Waals surface area contributed by atoms with E-state index in [-0.39, 0.29) is 29.0 Å². The van der Waals surface area contributed by atoms with Gasteiger partial charge in [0.05, 0.1) is 23.7 Å². The number of fused-ring (bicyclic) bond motifs is 6. The number of rotatable bonds is 4. The molecule has 0 aliphatic heterocycles. The van der Waals surface area contributed by atoms with Crippen LogP contribution in [0.3, 0.4) is 0 Å². The molecule has 7 atom stereocenters. The SMILES string of the molecule is CC12Cc3cnn(-c4ccc(F)cc4)c3C=C1CCC1[C@@H]2[C@@H](O)CC2(C)[C@H]1CCC2(OC(=O)c1cccs1)C(=O)S. The van der Waals surface area contributed by atoms with Gasteiger partial charge in [-0.3, -0.25) is 4.79 Å². The number of carbonyl (C=O) groups excluding carboxylic acids is 2. The van der Waals surface area contributed by atoms with Crippen molar-refractivity contribution < 1.29 is 23.8 Å². The van der Waals surface area contributed by atoms with Crippen molar-refractivity contribution in [1.29, 1.82) is 0 Å². The molecule has 3 saturated carbocycles. The van der Waals surface area contributed by atoms with Gasteiger partial charge in [0.25, 0.3) is 0 Å². The Balaban J connectivity index is 1.22. The van der Waals surface area contributed by atoms with Crippen molar-refractivity contribution in [2.45, 2.75) is 64.1 Å². The zero-order valence-electron chi connectivity index (χ0n) is 23.0. The van der Waals surface area contributed by atoms with E-state index in [1.54, 1.807) is 24.3 Å². The van der Waals surface area contributed by atoms with Crippen molar-refractivity contribution in [3.05, 3.63) is 75.5 Å². The maximum atomic E-state index is 13.6. The molecule has 2 aromatic heterocycles. The van der Waals surface area contributed by atoms with E-state index in [9.17, 15) is 19.1 Å². The lowest BCUT2D eigenvalue weighted by Gasteiger charge is -2.60. The van der Waals surface area contributed by atoms with Gasteiger partial charge >= 0.3 is 5.97 Å². The van der Waals surface area contributed by atoms with Crippen LogP contribution in [-0.4, -0.2) is 37.7 Å². The van der Waals surface area contributed by atoms with Gasteiger partial charge in [-0.25, -0.2) is 13.9 Å². The van der Waals surface area contributed by atoms with Crippen LogP contribution < -0.4 is 0 Å². The Morgan fingerprint density at radius 3 is 2.68 bits per heavy atom. The first-order chi connectivity index (χ1) is 19.6. The number of carbonyl (C=O) groups is 2. The second-order valence-corrected chi connectivity index (χ2v) is 14.1. The number of aromatic nitrogens is 2. The third-order valence-corrected chi connectivity index (χ3v) is 12.2. The molecular formula is C32H33FN2O4S2. The molecule has 1 N–H and O–H groups in total. The van der Waals surface area contributed by atoms with Crippen LogP contribution in [0.2, 0.25) is 0 Å². The number of ether oxygens (including phenoxy) is 1.